The highest BCUT2D eigenvalue weighted by molar-refractivity contribution is 5.83. The molecule has 6 heteroatoms. The lowest BCUT2D eigenvalue weighted by molar-refractivity contribution is 0.303. The number of benzene rings is 1. The highest BCUT2D eigenvalue weighted by atomic mass is 16.5. The maximum absolute atomic E-state index is 9.81. The molecule has 0 radical (unpaired) electrons. The number of phenols is 1. The number of ether oxygens (including phenoxy) is 2. The third-order valence-corrected chi connectivity index (χ3v) is 3.75. The van der Waals surface area contributed by atoms with Crippen LogP contribution in [-0.2, 0) is 6.61 Å². The molecular formula is C20H19N2O4+. The molecule has 0 atom stereocenters. The molecule has 0 aliphatic heterocycles. The molecule has 0 unspecified atom stereocenters. The lowest BCUT2D eigenvalue weighted by Gasteiger charge is -2.13. The van der Waals surface area contributed by atoms with Crippen LogP contribution in [0.4, 0.5) is 0 Å². The highest BCUT2D eigenvalue weighted by Crippen LogP contribution is 2.31. The van der Waals surface area contributed by atoms with E-state index in [-0.39, 0.29) is 17.9 Å². The SMILES string of the molecule is CCOc1ncccc1-c1ncccc1COc1cccc(O)c1C=[OH+]. The van der Waals surface area contributed by atoms with Gasteiger partial charge in [0.15, 0.2) is 5.56 Å². The summed E-state index contributed by atoms with van der Waals surface area (Å²) in [5.41, 5.74) is 2.54. The van der Waals surface area contributed by atoms with Crippen LogP contribution in [0.1, 0.15) is 18.1 Å². The van der Waals surface area contributed by atoms with Crippen molar-refractivity contribution in [1.82, 2.24) is 9.97 Å². The van der Waals surface area contributed by atoms with Crippen molar-refractivity contribution in [2.45, 2.75) is 13.5 Å². The molecule has 0 aliphatic carbocycles. The fourth-order valence-corrected chi connectivity index (χ4v) is 2.56. The summed E-state index contributed by atoms with van der Waals surface area (Å²) in [6.07, 6.45) is 4.19. The van der Waals surface area contributed by atoms with Crippen LogP contribution in [-0.4, -0.2) is 32.8 Å². The lowest BCUT2D eigenvalue weighted by atomic mass is 10.1. The summed E-state index contributed by atoms with van der Waals surface area (Å²) in [5.74, 6) is 0.831. The van der Waals surface area contributed by atoms with E-state index < -0.39 is 0 Å². The third kappa shape index (κ3) is 3.64. The summed E-state index contributed by atoms with van der Waals surface area (Å²) in [7, 11) is 0. The Hall–Kier alpha value is -3.41. The van der Waals surface area contributed by atoms with Gasteiger partial charge in [-0.05, 0) is 37.3 Å². The molecule has 0 saturated carbocycles. The van der Waals surface area contributed by atoms with Crippen molar-refractivity contribution in [1.29, 1.82) is 0 Å². The van der Waals surface area contributed by atoms with E-state index in [2.05, 4.69) is 9.97 Å². The Labute approximate surface area is 151 Å². The maximum atomic E-state index is 9.81. The van der Waals surface area contributed by atoms with Crippen LogP contribution in [0.25, 0.3) is 11.3 Å². The molecule has 26 heavy (non-hydrogen) atoms. The van der Waals surface area contributed by atoms with Gasteiger partial charge in [0.25, 0.3) is 0 Å². The Morgan fingerprint density at radius 2 is 1.85 bits per heavy atom. The van der Waals surface area contributed by atoms with Gasteiger partial charge in [-0.1, -0.05) is 12.1 Å². The Morgan fingerprint density at radius 3 is 2.65 bits per heavy atom. The van der Waals surface area contributed by atoms with Crippen molar-refractivity contribution >= 4 is 6.29 Å². The topological polar surface area (TPSA) is 85.9 Å². The predicted octanol–water partition coefficient (Wildman–Crippen LogP) is 3.35. The Bertz CT molecular complexity index is 912. The number of hydrogen-bond acceptors (Lipinski definition) is 5. The van der Waals surface area contributed by atoms with Crippen LogP contribution in [0.3, 0.4) is 0 Å². The monoisotopic (exact) mass is 351 g/mol. The molecule has 3 rings (SSSR count). The predicted molar refractivity (Wildman–Crippen MR) is 98.2 cm³/mol. The van der Waals surface area contributed by atoms with Crippen molar-refractivity contribution in [2.75, 3.05) is 6.61 Å². The van der Waals surface area contributed by atoms with Gasteiger partial charge < -0.3 is 14.6 Å². The number of pyridine rings is 2. The van der Waals surface area contributed by atoms with Crippen LogP contribution in [0, 0.1) is 0 Å². The van der Waals surface area contributed by atoms with E-state index in [4.69, 9.17) is 9.47 Å². The zero-order valence-electron chi connectivity index (χ0n) is 14.3. The number of nitrogens with zero attached hydrogens (tertiary/aromatic N) is 2. The molecule has 0 amide bonds. The van der Waals surface area contributed by atoms with Gasteiger partial charge in [0, 0.05) is 18.0 Å². The summed E-state index contributed by atoms with van der Waals surface area (Å²) in [5, 5.41) is 9.81. The summed E-state index contributed by atoms with van der Waals surface area (Å²) < 4.78 is 11.4. The average molecular weight is 351 g/mol. The van der Waals surface area contributed by atoms with Crippen LogP contribution in [0.5, 0.6) is 17.4 Å². The molecule has 6 nitrogen and oxygen atoms in total. The summed E-state index contributed by atoms with van der Waals surface area (Å²) in [4.78, 5) is 18.0. The largest absolute Gasteiger partial charge is 0.507 e. The molecule has 0 spiro atoms. The fraction of sp³-hybridized carbons (Fsp3) is 0.150. The number of rotatable bonds is 7. The maximum Gasteiger partial charge on any atom is 0.320 e. The van der Waals surface area contributed by atoms with E-state index in [9.17, 15) is 9.90 Å². The molecule has 2 aromatic heterocycles. The first kappa shape index (κ1) is 17.4. The number of hydrogen-bond donors (Lipinski definition) is 1. The first-order valence-electron chi connectivity index (χ1n) is 8.19. The van der Waals surface area contributed by atoms with Gasteiger partial charge >= 0.3 is 6.29 Å². The van der Waals surface area contributed by atoms with Crippen LogP contribution in [0.15, 0.2) is 54.9 Å². The molecule has 1 aromatic carbocycles. The van der Waals surface area contributed by atoms with E-state index in [0.29, 0.717) is 23.9 Å². The van der Waals surface area contributed by atoms with Gasteiger partial charge in [-0.15, -0.1) is 0 Å². The van der Waals surface area contributed by atoms with Gasteiger partial charge in [0.2, 0.25) is 5.88 Å². The Balaban J connectivity index is 1.92. The molecule has 0 bridgehead atoms. The second-order valence-electron chi connectivity index (χ2n) is 5.41. The summed E-state index contributed by atoms with van der Waals surface area (Å²) in [6, 6.07) is 12.2. The first-order valence-corrected chi connectivity index (χ1v) is 8.19. The van der Waals surface area contributed by atoms with Gasteiger partial charge in [-0.3, -0.25) is 9.78 Å². The van der Waals surface area contributed by atoms with E-state index in [1.54, 1.807) is 24.5 Å². The van der Waals surface area contributed by atoms with Gasteiger partial charge in [-0.25, -0.2) is 4.98 Å². The smallest absolute Gasteiger partial charge is 0.320 e. The zero-order chi connectivity index (χ0) is 18.4. The van der Waals surface area contributed by atoms with Crippen molar-refractivity contribution < 1.29 is 19.4 Å². The van der Waals surface area contributed by atoms with Gasteiger partial charge in [0.1, 0.15) is 18.1 Å². The lowest BCUT2D eigenvalue weighted by Crippen LogP contribution is -2.03. The van der Waals surface area contributed by atoms with Crippen LogP contribution < -0.4 is 9.47 Å². The van der Waals surface area contributed by atoms with E-state index in [1.807, 2.05) is 31.2 Å². The minimum absolute atomic E-state index is 0.0534. The Kier molecular flexibility index (Phi) is 5.43. The second kappa shape index (κ2) is 8.11. The van der Waals surface area contributed by atoms with Crippen molar-refractivity contribution in [3.63, 3.8) is 0 Å². The second-order valence-corrected chi connectivity index (χ2v) is 5.41. The fourth-order valence-electron chi connectivity index (χ4n) is 2.56. The summed E-state index contributed by atoms with van der Waals surface area (Å²) >= 11 is 0. The van der Waals surface area contributed by atoms with Crippen LogP contribution >= 0.6 is 0 Å². The molecule has 2 N–H and O–H groups in total. The number of aldehydes is 1. The minimum Gasteiger partial charge on any atom is -0.507 e. The molecular weight excluding hydrogens is 332 g/mol. The normalized spacial score (nSPS) is 10.3. The number of phenolic OH excluding ortho intramolecular Hbond substituents is 1. The minimum atomic E-state index is -0.0534. The molecule has 0 fully saturated rings. The molecule has 0 saturated heterocycles. The van der Waals surface area contributed by atoms with Crippen molar-refractivity contribution in [2.24, 2.45) is 0 Å². The van der Waals surface area contributed by atoms with E-state index in [1.165, 1.54) is 6.07 Å². The van der Waals surface area contributed by atoms with E-state index in [0.717, 1.165) is 17.4 Å². The highest BCUT2D eigenvalue weighted by Gasteiger charge is 2.15. The zero-order valence-corrected chi connectivity index (χ0v) is 14.3. The molecule has 0 aliphatic rings. The molecule has 132 valence electrons. The van der Waals surface area contributed by atoms with Crippen molar-refractivity contribution in [3.8, 4) is 28.6 Å². The summed E-state index contributed by atoms with van der Waals surface area (Å²) in [6.45, 7) is 2.60. The van der Waals surface area contributed by atoms with E-state index >= 15 is 0 Å². The van der Waals surface area contributed by atoms with Gasteiger partial charge in [-0.2, -0.15) is 0 Å². The number of aromatic nitrogens is 2. The van der Waals surface area contributed by atoms with Crippen LogP contribution in [0.2, 0.25) is 0 Å². The number of carbonyl (C=O) groups excluding carboxylic acids is 1. The Morgan fingerprint density at radius 1 is 1.04 bits per heavy atom. The van der Waals surface area contributed by atoms with Crippen molar-refractivity contribution in [3.05, 3.63) is 66.0 Å². The number of aromatic hydroxyl groups is 1. The third-order valence-electron chi connectivity index (χ3n) is 3.75. The molecule has 2 heterocycles. The quantitative estimate of drug-likeness (QED) is 0.521. The van der Waals surface area contributed by atoms with Gasteiger partial charge in [0.05, 0.1) is 17.9 Å². The average Bonchev–Trinajstić information content (AvgIpc) is 2.67. The molecule has 3 aromatic rings. The standard InChI is InChI=1S/C20H18N2O4/c1-2-25-20-15(7-5-11-22-20)19-14(6-4-10-21-19)13-26-18-9-3-8-17(24)16(18)12-23/h3-12,24H,2,13H2,1H3/p+1. The first-order chi connectivity index (χ1) is 12.7.